The van der Waals surface area contributed by atoms with Crippen molar-refractivity contribution in [2.75, 3.05) is 26.4 Å². The highest BCUT2D eigenvalue weighted by Crippen LogP contribution is 2.26. The van der Waals surface area contributed by atoms with Gasteiger partial charge in [-0.2, -0.15) is 0 Å². The minimum atomic E-state index is -1.77. The maximum absolute atomic E-state index is 13.0. The lowest BCUT2D eigenvalue weighted by atomic mass is 9.98. The van der Waals surface area contributed by atoms with E-state index in [2.05, 4.69) is 38.2 Å². The number of unbranched alkanes of at least 4 members (excludes halogenated alkanes) is 24. The van der Waals surface area contributed by atoms with E-state index in [4.69, 9.17) is 28.4 Å². The van der Waals surface area contributed by atoms with E-state index in [1.54, 1.807) is 0 Å². The molecule has 0 aromatic carbocycles. The van der Waals surface area contributed by atoms with Crippen molar-refractivity contribution in [3.05, 3.63) is 24.3 Å². The lowest BCUT2D eigenvalue weighted by Gasteiger charge is -2.42. The predicted molar refractivity (Wildman–Crippen MR) is 261 cm³/mol. The number of esters is 2. The minimum Gasteiger partial charge on any atom is -0.462 e. The van der Waals surface area contributed by atoms with Crippen LogP contribution < -0.4 is 0 Å². The first-order chi connectivity index (χ1) is 33.0. The molecule has 2 heterocycles. The summed E-state index contributed by atoms with van der Waals surface area (Å²) in [4.78, 5) is 25.8. The summed E-state index contributed by atoms with van der Waals surface area (Å²) in [6.45, 7) is 2.57. The largest absolute Gasteiger partial charge is 0.462 e. The third kappa shape index (κ3) is 28.1. The molecule has 68 heavy (non-hydrogen) atoms. The summed E-state index contributed by atoms with van der Waals surface area (Å²) >= 11 is 0. The maximum Gasteiger partial charge on any atom is 0.306 e. The zero-order chi connectivity index (χ0) is 49.6. The van der Waals surface area contributed by atoms with Crippen molar-refractivity contribution in [2.24, 2.45) is 0 Å². The second-order valence-electron chi connectivity index (χ2n) is 19.0. The molecule has 15 nitrogen and oxygen atoms in total. The molecule has 0 aromatic heterocycles. The summed E-state index contributed by atoms with van der Waals surface area (Å²) in [5.74, 6) is -0.940. The van der Waals surface area contributed by atoms with Gasteiger partial charge in [0.2, 0.25) is 0 Å². The van der Waals surface area contributed by atoms with Crippen LogP contribution in [0.1, 0.15) is 206 Å². The third-order valence-corrected chi connectivity index (χ3v) is 12.9. The highest BCUT2D eigenvalue weighted by molar-refractivity contribution is 5.70. The predicted octanol–water partition coefficient (Wildman–Crippen LogP) is 7.94. The van der Waals surface area contributed by atoms with Gasteiger partial charge in [0.15, 0.2) is 18.7 Å². The first-order valence-corrected chi connectivity index (χ1v) is 26.9. The van der Waals surface area contributed by atoms with Gasteiger partial charge in [-0.25, -0.2) is 0 Å². The number of allylic oxidation sites excluding steroid dienone is 4. The lowest BCUT2D eigenvalue weighted by Crippen LogP contribution is -2.61. The van der Waals surface area contributed by atoms with Crippen LogP contribution in [0.5, 0.6) is 0 Å². The molecule has 2 fully saturated rings. The Kier molecular flexibility index (Phi) is 37.0. The van der Waals surface area contributed by atoms with Crippen molar-refractivity contribution < 1.29 is 73.8 Å². The first-order valence-electron chi connectivity index (χ1n) is 26.9. The van der Waals surface area contributed by atoms with Gasteiger partial charge in [0.1, 0.15) is 55.4 Å². The number of rotatable bonds is 42. The number of carbonyl (C=O) groups is 2. The molecule has 0 bridgehead atoms. The smallest absolute Gasteiger partial charge is 0.306 e. The molecule has 15 heteroatoms. The van der Waals surface area contributed by atoms with Crippen molar-refractivity contribution in [1.29, 1.82) is 0 Å². The average Bonchev–Trinajstić information content (AvgIpc) is 3.33. The highest BCUT2D eigenvalue weighted by Gasteiger charge is 2.47. The van der Waals surface area contributed by atoms with Gasteiger partial charge in [-0.3, -0.25) is 9.59 Å². The maximum atomic E-state index is 13.0. The Balaban J connectivity index is 1.78. The summed E-state index contributed by atoms with van der Waals surface area (Å²) in [7, 11) is 0. The van der Waals surface area contributed by atoms with Crippen LogP contribution in [0.3, 0.4) is 0 Å². The normalized spacial score (nSPS) is 25.9. The van der Waals surface area contributed by atoms with Crippen molar-refractivity contribution in [3.63, 3.8) is 0 Å². The zero-order valence-electron chi connectivity index (χ0n) is 42.1. The van der Waals surface area contributed by atoms with E-state index in [1.807, 2.05) is 0 Å². The molecule has 398 valence electrons. The van der Waals surface area contributed by atoms with Crippen molar-refractivity contribution in [2.45, 2.75) is 274 Å². The van der Waals surface area contributed by atoms with Crippen LogP contribution >= 0.6 is 0 Å². The average molecular weight is 973 g/mol. The third-order valence-electron chi connectivity index (χ3n) is 12.9. The Morgan fingerprint density at radius 2 is 0.838 bits per heavy atom. The molecule has 2 aliphatic rings. The Morgan fingerprint density at radius 3 is 1.31 bits per heavy atom. The van der Waals surface area contributed by atoms with Gasteiger partial charge in [0.05, 0.1) is 19.8 Å². The lowest BCUT2D eigenvalue weighted by molar-refractivity contribution is -0.332. The Bertz CT molecular complexity index is 1280. The van der Waals surface area contributed by atoms with Crippen molar-refractivity contribution in [3.8, 4) is 0 Å². The molecule has 11 atom stereocenters. The molecule has 2 saturated heterocycles. The fourth-order valence-electron chi connectivity index (χ4n) is 8.44. The van der Waals surface area contributed by atoms with E-state index in [9.17, 15) is 45.3 Å². The topological polar surface area (TPSA) is 231 Å². The van der Waals surface area contributed by atoms with Crippen molar-refractivity contribution in [1.82, 2.24) is 0 Å². The molecule has 0 aliphatic carbocycles. The molecule has 2 aliphatic heterocycles. The van der Waals surface area contributed by atoms with Crippen molar-refractivity contribution >= 4 is 11.9 Å². The molecule has 7 N–H and O–H groups in total. The van der Waals surface area contributed by atoms with E-state index in [1.165, 1.54) is 122 Å². The van der Waals surface area contributed by atoms with Gasteiger partial charge >= 0.3 is 11.9 Å². The molecular formula is C53H96O15. The summed E-state index contributed by atoms with van der Waals surface area (Å²) in [6.07, 6.45) is 24.9. The minimum absolute atomic E-state index is 0.146. The Morgan fingerprint density at radius 1 is 0.456 bits per heavy atom. The fourth-order valence-corrected chi connectivity index (χ4v) is 8.44. The Labute approximate surface area is 409 Å². The van der Waals surface area contributed by atoms with Gasteiger partial charge in [0.25, 0.3) is 0 Å². The number of carbonyl (C=O) groups excluding carboxylic acids is 2. The van der Waals surface area contributed by atoms with Crippen LogP contribution in [0.15, 0.2) is 24.3 Å². The molecule has 0 saturated carbocycles. The van der Waals surface area contributed by atoms with Crippen LogP contribution in [-0.4, -0.2) is 142 Å². The fraction of sp³-hybridized carbons (Fsp3) is 0.887. The quantitative estimate of drug-likeness (QED) is 0.0175. The van der Waals surface area contributed by atoms with Gasteiger partial charge < -0.3 is 64.2 Å². The summed E-state index contributed by atoms with van der Waals surface area (Å²) < 4.78 is 33.6. The van der Waals surface area contributed by atoms with Gasteiger partial charge in [-0.1, -0.05) is 154 Å². The number of hydrogen-bond donors (Lipinski definition) is 7. The van der Waals surface area contributed by atoms with Crippen LogP contribution in [0.4, 0.5) is 0 Å². The number of aliphatic hydroxyl groups excluding tert-OH is 7. The van der Waals surface area contributed by atoms with Gasteiger partial charge in [-0.05, 0) is 64.2 Å². The SMILES string of the molecule is CCCCCCCC/C=C/CCCCCCCCCCCC(=O)OC[C@@H](CO[C@@H]1O[C@H](CO[C@@H]2O[C@H](CO)[C@H](O)C(O)C2O)[C@H](O)C(O)C1O)OC(=O)CCCCC/C=C/CCCCCCCC. The van der Waals surface area contributed by atoms with Gasteiger partial charge in [0, 0.05) is 12.8 Å². The van der Waals surface area contributed by atoms with E-state index in [-0.39, 0.29) is 26.1 Å². The van der Waals surface area contributed by atoms with E-state index in [0.717, 1.165) is 44.9 Å². The molecule has 0 aromatic rings. The summed E-state index contributed by atoms with van der Waals surface area (Å²) in [5, 5.41) is 72.1. The zero-order valence-corrected chi connectivity index (χ0v) is 42.1. The molecule has 2 rings (SSSR count). The summed E-state index contributed by atoms with van der Waals surface area (Å²) in [6, 6.07) is 0. The monoisotopic (exact) mass is 973 g/mol. The molecule has 0 amide bonds. The second kappa shape index (κ2) is 40.6. The molecule has 0 spiro atoms. The van der Waals surface area contributed by atoms with E-state index in [0.29, 0.717) is 12.8 Å². The van der Waals surface area contributed by atoms with Crippen LogP contribution in [0.2, 0.25) is 0 Å². The Hall–Kier alpha value is -2.02. The standard InChI is InChI=1S/C53H96O15/c1-3-5-7-9-11-13-15-17-18-19-20-21-22-24-25-27-29-31-33-35-44(55)63-38-41(66-45(56)36-34-32-30-28-26-23-16-14-12-10-8-6-4-2)39-64-52-51(62)49(60)47(58)43(68-52)40-65-53-50(61)48(59)46(57)42(37-54)67-53/h17-18,23,26,41-43,46-54,57-62H,3-16,19-22,24-25,27-40H2,1-2H3/b18-17+,26-23+/t41-,42+,43+,46-,47-,48?,49?,50?,51?,52+,53+/m0/s1. The van der Waals surface area contributed by atoms with Crippen LogP contribution in [0, 0.1) is 0 Å². The highest BCUT2D eigenvalue weighted by atomic mass is 16.7. The summed E-state index contributed by atoms with van der Waals surface area (Å²) in [5.41, 5.74) is 0. The first kappa shape index (κ1) is 62.1. The van der Waals surface area contributed by atoms with Gasteiger partial charge in [-0.15, -0.1) is 0 Å². The number of ether oxygens (including phenoxy) is 6. The van der Waals surface area contributed by atoms with E-state index < -0.39 is 92.7 Å². The van der Waals surface area contributed by atoms with E-state index >= 15 is 0 Å². The molecule has 0 radical (unpaired) electrons. The number of aliphatic hydroxyl groups is 7. The van der Waals surface area contributed by atoms with Crippen LogP contribution in [-0.2, 0) is 38.0 Å². The number of hydrogen-bond acceptors (Lipinski definition) is 15. The second-order valence-corrected chi connectivity index (χ2v) is 19.0. The molecular weight excluding hydrogens is 877 g/mol. The van der Waals surface area contributed by atoms with Crippen LogP contribution in [0.25, 0.3) is 0 Å². The molecule has 4 unspecified atom stereocenters.